The molecular weight excluding hydrogens is 186 g/mol. The molecule has 0 atom stereocenters. The minimum absolute atomic E-state index is 0.189. The van der Waals surface area contributed by atoms with Crippen LogP contribution in [-0.2, 0) is 5.41 Å². The minimum Gasteiger partial charge on any atom is -0.352 e. The number of nitrogens with zero attached hydrogens (tertiary/aromatic N) is 1. The first-order valence-corrected chi connectivity index (χ1v) is 5.01. The van der Waals surface area contributed by atoms with Crippen molar-refractivity contribution in [3.05, 3.63) is 42.2 Å². The monoisotopic (exact) mass is 200 g/mol. The second kappa shape index (κ2) is 3.54. The van der Waals surface area contributed by atoms with E-state index in [-0.39, 0.29) is 5.41 Å². The lowest BCUT2D eigenvalue weighted by Crippen LogP contribution is -2.10. The summed E-state index contributed by atoms with van der Waals surface area (Å²) in [5.41, 5.74) is 3.40. The summed E-state index contributed by atoms with van der Waals surface area (Å²) in [7, 11) is 0. The Kier molecular flexibility index (Phi) is 2.35. The highest BCUT2D eigenvalue weighted by atomic mass is 16.5. The molecule has 0 aliphatic heterocycles. The van der Waals surface area contributed by atoms with E-state index in [1.807, 2.05) is 0 Å². The Labute approximate surface area is 89.9 Å². The van der Waals surface area contributed by atoms with Gasteiger partial charge in [0.15, 0.2) is 0 Å². The fourth-order valence-electron chi connectivity index (χ4n) is 1.46. The molecule has 0 bridgehead atoms. The van der Waals surface area contributed by atoms with Crippen molar-refractivity contribution in [2.45, 2.75) is 26.2 Å². The van der Waals surface area contributed by atoms with Crippen LogP contribution in [0.2, 0.25) is 0 Å². The maximum Gasteiger partial charge on any atom is 0.205 e. The molecule has 0 spiro atoms. The Morgan fingerprint density at radius 3 is 2.27 bits per heavy atom. The van der Waals surface area contributed by atoms with Crippen molar-refractivity contribution in [1.29, 1.82) is 0 Å². The molecule has 2 aromatic rings. The van der Waals surface area contributed by atoms with E-state index < -0.39 is 0 Å². The molecule has 0 fully saturated rings. The number of benzene rings is 1. The van der Waals surface area contributed by atoms with E-state index in [0.717, 1.165) is 11.3 Å². The van der Waals surface area contributed by atoms with Gasteiger partial charge in [0, 0.05) is 11.6 Å². The van der Waals surface area contributed by atoms with Gasteiger partial charge in [0.1, 0.15) is 5.69 Å². The number of rotatable bonds is 1. The van der Waals surface area contributed by atoms with Gasteiger partial charge in [-0.3, -0.25) is 0 Å². The van der Waals surface area contributed by atoms with Crippen LogP contribution in [0.25, 0.3) is 11.3 Å². The average molecular weight is 200 g/mol. The molecule has 0 unspecified atom stereocenters. The van der Waals surface area contributed by atoms with E-state index >= 15 is 0 Å². The first kappa shape index (κ1) is 9.97. The van der Waals surface area contributed by atoms with Crippen LogP contribution >= 0.6 is 0 Å². The molecule has 2 heteroatoms. The van der Waals surface area contributed by atoms with E-state index in [4.69, 9.17) is 4.52 Å². The summed E-state index contributed by atoms with van der Waals surface area (Å²) >= 11 is 0. The molecule has 1 aromatic carbocycles. The summed E-state index contributed by atoms with van der Waals surface area (Å²) < 4.78 is 4.69. The zero-order valence-electron chi connectivity index (χ0n) is 9.24. The van der Waals surface area contributed by atoms with Gasteiger partial charge in [-0.05, 0) is 11.0 Å². The number of aromatic nitrogens is 1. The van der Waals surface area contributed by atoms with Gasteiger partial charge in [-0.15, -0.1) is 0 Å². The SMILES string of the molecule is CC(C)(C)c1ccc(-c2c[c]on2)cc1. The van der Waals surface area contributed by atoms with Gasteiger partial charge in [0.25, 0.3) is 0 Å². The average Bonchev–Trinajstić information content (AvgIpc) is 2.69. The molecule has 0 aliphatic rings. The lowest BCUT2D eigenvalue weighted by molar-refractivity contribution is 0.415. The lowest BCUT2D eigenvalue weighted by Gasteiger charge is -2.18. The summed E-state index contributed by atoms with van der Waals surface area (Å²) in [6.45, 7) is 6.60. The zero-order chi connectivity index (χ0) is 10.9. The topological polar surface area (TPSA) is 26.0 Å². The Balaban J connectivity index is 2.33. The van der Waals surface area contributed by atoms with Crippen LogP contribution in [0.5, 0.6) is 0 Å². The van der Waals surface area contributed by atoms with Gasteiger partial charge < -0.3 is 4.52 Å². The maximum absolute atomic E-state index is 4.69. The van der Waals surface area contributed by atoms with Crippen LogP contribution in [-0.4, -0.2) is 5.16 Å². The van der Waals surface area contributed by atoms with Crippen molar-refractivity contribution in [3.63, 3.8) is 0 Å². The summed E-state index contributed by atoms with van der Waals surface area (Å²) in [4.78, 5) is 0. The zero-order valence-corrected chi connectivity index (χ0v) is 9.24. The standard InChI is InChI=1S/C13H14NO/c1-13(2,3)11-6-4-10(5-7-11)12-8-9-15-14-12/h4-8H,1-3H3. The molecule has 2 nitrogen and oxygen atoms in total. The molecule has 15 heavy (non-hydrogen) atoms. The van der Waals surface area contributed by atoms with Crippen LogP contribution in [0.3, 0.4) is 0 Å². The lowest BCUT2D eigenvalue weighted by atomic mass is 9.86. The van der Waals surface area contributed by atoms with Gasteiger partial charge >= 0.3 is 0 Å². The van der Waals surface area contributed by atoms with Crippen molar-refractivity contribution >= 4 is 0 Å². The number of hydrogen-bond acceptors (Lipinski definition) is 2. The first-order valence-electron chi connectivity index (χ1n) is 5.01. The molecule has 1 heterocycles. The summed E-state index contributed by atoms with van der Waals surface area (Å²) in [5, 5.41) is 3.85. The van der Waals surface area contributed by atoms with Gasteiger partial charge in [-0.2, -0.15) is 0 Å². The van der Waals surface area contributed by atoms with E-state index in [1.54, 1.807) is 6.07 Å². The Bertz CT molecular complexity index is 421. The van der Waals surface area contributed by atoms with Gasteiger partial charge in [0.2, 0.25) is 6.26 Å². The van der Waals surface area contributed by atoms with Crippen LogP contribution in [0.15, 0.2) is 34.9 Å². The highest BCUT2D eigenvalue weighted by Gasteiger charge is 2.13. The third-order valence-electron chi connectivity index (χ3n) is 2.44. The second-order valence-electron chi connectivity index (χ2n) is 4.66. The maximum atomic E-state index is 4.69. The van der Waals surface area contributed by atoms with E-state index in [9.17, 15) is 0 Å². The molecule has 0 N–H and O–H groups in total. The third kappa shape index (κ3) is 2.09. The van der Waals surface area contributed by atoms with E-state index in [0.29, 0.717) is 0 Å². The molecule has 0 amide bonds. The highest BCUT2D eigenvalue weighted by Crippen LogP contribution is 2.25. The van der Waals surface area contributed by atoms with Gasteiger partial charge in [0.05, 0.1) is 0 Å². The molecule has 2 rings (SSSR count). The summed E-state index contributed by atoms with van der Waals surface area (Å²) in [6, 6.07) is 10.1. The predicted molar refractivity (Wildman–Crippen MR) is 59.5 cm³/mol. The van der Waals surface area contributed by atoms with E-state index in [1.165, 1.54) is 5.56 Å². The van der Waals surface area contributed by atoms with E-state index in [2.05, 4.69) is 56.5 Å². The summed E-state index contributed by atoms with van der Waals surface area (Å²) in [5.74, 6) is 0. The summed E-state index contributed by atoms with van der Waals surface area (Å²) in [6.07, 6.45) is 2.59. The van der Waals surface area contributed by atoms with Gasteiger partial charge in [-0.25, -0.2) is 0 Å². The molecule has 0 saturated carbocycles. The van der Waals surface area contributed by atoms with Crippen molar-refractivity contribution in [1.82, 2.24) is 5.16 Å². The second-order valence-corrected chi connectivity index (χ2v) is 4.66. The molecule has 77 valence electrons. The third-order valence-corrected chi connectivity index (χ3v) is 2.44. The smallest absolute Gasteiger partial charge is 0.205 e. The quantitative estimate of drug-likeness (QED) is 0.704. The predicted octanol–water partition coefficient (Wildman–Crippen LogP) is 3.44. The molecule has 1 radical (unpaired) electrons. The largest absolute Gasteiger partial charge is 0.352 e. The van der Waals surface area contributed by atoms with Crippen molar-refractivity contribution in [2.24, 2.45) is 0 Å². The van der Waals surface area contributed by atoms with Gasteiger partial charge in [-0.1, -0.05) is 50.2 Å². The van der Waals surface area contributed by atoms with Crippen molar-refractivity contribution in [2.75, 3.05) is 0 Å². The van der Waals surface area contributed by atoms with Crippen molar-refractivity contribution in [3.8, 4) is 11.3 Å². The normalized spacial score (nSPS) is 11.7. The molecular formula is C13H14NO. The van der Waals surface area contributed by atoms with Crippen LogP contribution in [0, 0.1) is 6.26 Å². The first-order chi connectivity index (χ1) is 7.07. The van der Waals surface area contributed by atoms with Crippen LogP contribution < -0.4 is 0 Å². The van der Waals surface area contributed by atoms with Crippen molar-refractivity contribution < 1.29 is 4.52 Å². The fraction of sp³-hybridized carbons (Fsp3) is 0.308. The van der Waals surface area contributed by atoms with Crippen LogP contribution in [0.1, 0.15) is 26.3 Å². The Morgan fingerprint density at radius 2 is 1.80 bits per heavy atom. The molecule has 1 aromatic heterocycles. The Hall–Kier alpha value is -1.57. The van der Waals surface area contributed by atoms with Crippen LogP contribution in [0.4, 0.5) is 0 Å². The minimum atomic E-state index is 0.189. The molecule has 0 aliphatic carbocycles. The fourth-order valence-corrected chi connectivity index (χ4v) is 1.46. The molecule has 0 saturated heterocycles. The number of hydrogen-bond donors (Lipinski definition) is 0. The highest BCUT2D eigenvalue weighted by molar-refractivity contribution is 5.58. The Morgan fingerprint density at radius 1 is 1.13 bits per heavy atom.